The van der Waals surface area contributed by atoms with Crippen LogP contribution in [0.1, 0.15) is 22.8 Å². The van der Waals surface area contributed by atoms with Crippen molar-refractivity contribution in [3.8, 4) is 6.07 Å². The number of piperazine rings is 1. The monoisotopic (exact) mass is 341 g/mol. The molecule has 1 aromatic carbocycles. The summed E-state index contributed by atoms with van der Waals surface area (Å²) in [6, 6.07) is 8.57. The van der Waals surface area contributed by atoms with Gasteiger partial charge in [0.2, 0.25) is 12.1 Å². The third-order valence-corrected chi connectivity index (χ3v) is 4.16. The largest absolute Gasteiger partial charge is 0.337 e. The molecular weight excluding hydrogens is 325 g/mol. The van der Waals surface area contributed by atoms with Gasteiger partial charge in [-0.05, 0) is 25.1 Å². The van der Waals surface area contributed by atoms with E-state index in [1.165, 1.54) is 6.92 Å². The number of halogens is 1. The number of alkyl halides is 1. The van der Waals surface area contributed by atoms with Crippen molar-refractivity contribution < 1.29 is 14.0 Å². The van der Waals surface area contributed by atoms with E-state index in [2.05, 4.69) is 9.98 Å². The zero-order valence-corrected chi connectivity index (χ0v) is 13.6. The number of aliphatic imine (C=N–C) groups is 2. The first-order valence-corrected chi connectivity index (χ1v) is 7.86. The maximum absolute atomic E-state index is 13.4. The molecule has 0 aromatic heterocycles. The highest BCUT2D eigenvalue weighted by atomic mass is 19.1. The maximum atomic E-state index is 13.4. The smallest absolute Gasteiger partial charge is 0.289 e. The van der Waals surface area contributed by atoms with Gasteiger partial charge >= 0.3 is 0 Å². The fourth-order valence-electron chi connectivity index (χ4n) is 2.73. The molecule has 2 heterocycles. The van der Waals surface area contributed by atoms with E-state index in [0.29, 0.717) is 37.3 Å². The lowest BCUT2D eigenvalue weighted by atomic mass is 10.1. The Labute approximate surface area is 144 Å². The second kappa shape index (κ2) is 6.81. The Hall–Kier alpha value is -3.08. The van der Waals surface area contributed by atoms with Crippen LogP contribution in [0.5, 0.6) is 0 Å². The van der Waals surface area contributed by atoms with Gasteiger partial charge in [-0.25, -0.2) is 9.38 Å². The minimum atomic E-state index is -1.76. The lowest BCUT2D eigenvalue weighted by Crippen LogP contribution is -2.51. The first-order chi connectivity index (χ1) is 12.0. The van der Waals surface area contributed by atoms with Crippen LogP contribution >= 0.6 is 0 Å². The normalized spacial score (nSPS) is 20.7. The number of amides is 2. The number of nitriles is 1. The van der Waals surface area contributed by atoms with E-state index < -0.39 is 12.1 Å². The predicted octanol–water partition coefficient (Wildman–Crippen LogP) is 1.01. The van der Waals surface area contributed by atoms with Crippen LogP contribution in [0.2, 0.25) is 0 Å². The number of carbonyl (C=O) groups excluding carboxylic acids is 2. The molecule has 3 rings (SSSR count). The second-order valence-corrected chi connectivity index (χ2v) is 5.84. The quantitative estimate of drug-likeness (QED) is 0.762. The van der Waals surface area contributed by atoms with Gasteiger partial charge in [-0.15, -0.1) is 0 Å². The topological polar surface area (TPSA) is 89.1 Å². The first-order valence-electron chi connectivity index (χ1n) is 7.86. The van der Waals surface area contributed by atoms with Gasteiger partial charge in [0.25, 0.3) is 11.8 Å². The van der Waals surface area contributed by atoms with Crippen LogP contribution in [0.25, 0.3) is 0 Å². The van der Waals surface area contributed by atoms with Gasteiger partial charge in [-0.1, -0.05) is 6.07 Å². The molecule has 1 aromatic rings. The fourth-order valence-corrected chi connectivity index (χ4v) is 2.73. The van der Waals surface area contributed by atoms with E-state index in [4.69, 9.17) is 5.26 Å². The Bertz CT molecular complexity index is 819. The van der Waals surface area contributed by atoms with Crippen molar-refractivity contribution in [2.45, 2.75) is 13.1 Å². The molecule has 2 aliphatic heterocycles. The molecule has 2 aliphatic rings. The molecule has 25 heavy (non-hydrogen) atoms. The molecule has 1 atom stereocenters. The third kappa shape index (κ3) is 3.40. The molecule has 1 unspecified atom stereocenters. The molecule has 0 saturated carbocycles. The Morgan fingerprint density at radius 2 is 2.00 bits per heavy atom. The van der Waals surface area contributed by atoms with Crippen molar-refractivity contribution in [1.29, 1.82) is 5.26 Å². The molecule has 0 radical (unpaired) electrons. The molecule has 8 heteroatoms. The molecule has 7 nitrogen and oxygen atoms in total. The van der Waals surface area contributed by atoms with Crippen molar-refractivity contribution >= 4 is 23.5 Å². The summed E-state index contributed by atoms with van der Waals surface area (Å²) in [6.45, 7) is 3.21. The lowest BCUT2D eigenvalue weighted by molar-refractivity contribution is -0.120. The van der Waals surface area contributed by atoms with Gasteiger partial charge < -0.3 is 9.80 Å². The summed E-state index contributed by atoms with van der Waals surface area (Å²) < 4.78 is 13.4. The summed E-state index contributed by atoms with van der Waals surface area (Å²) in [7, 11) is 0. The Morgan fingerprint density at radius 1 is 1.28 bits per heavy atom. The molecule has 1 fully saturated rings. The second-order valence-electron chi connectivity index (χ2n) is 5.84. The first kappa shape index (κ1) is 16.8. The predicted molar refractivity (Wildman–Crippen MR) is 89.1 cm³/mol. The highest BCUT2D eigenvalue weighted by Gasteiger charge is 2.30. The molecule has 128 valence electrons. The van der Waals surface area contributed by atoms with E-state index in [9.17, 15) is 14.0 Å². The van der Waals surface area contributed by atoms with Crippen LogP contribution in [0.15, 0.2) is 34.3 Å². The number of guanidine groups is 1. The minimum absolute atomic E-state index is 0.0989. The van der Waals surface area contributed by atoms with Crippen molar-refractivity contribution in [3.05, 3.63) is 35.4 Å². The van der Waals surface area contributed by atoms with Crippen molar-refractivity contribution in [3.63, 3.8) is 0 Å². The highest BCUT2D eigenvalue weighted by Crippen LogP contribution is 2.14. The number of benzene rings is 1. The molecule has 0 N–H and O–H groups in total. The number of hydrogen-bond acceptors (Lipinski definition) is 5. The fraction of sp³-hybridized carbons (Fsp3) is 0.353. The van der Waals surface area contributed by atoms with Crippen LogP contribution in [0, 0.1) is 11.3 Å². The van der Waals surface area contributed by atoms with Gasteiger partial charge in [0.05, 0.1) is 17.3 Å². The number of carbonyl (C=O) groups is 2. The summed E-state index contributed by atoms with van der Waals surface area (Å²) in [6.07, 6.45) is -1.76. The van der Waals surface area contributed by atoms with Crippen LogP contribution in [-0.2, 0) is 4.79 Å². The Kier molecular flexibility index (Phi) is 4.57. The van der Waals surface area contributed by atoms with Gasteiger partial charge in [-0.2, -0.15) is 10.3 Å². The third-order valence-electron chi connectivity index (χ3n) is 4.16. The standard InChI is InChI=1S/C17H16FN5O2/c1-11-14(18)15(24)21-17(20-11)23-7-5-22(6-8-23)16(25)13-4-2-3-12(9-13)10-19/h2-4,9,14H,5-8H2,1H3. The molecule has 2 amide bonds. The number of hydrogen-bond donors (Lipinski definition) is 0. The zero-order valence-electron chi connectivity index (χ0n) is 13.6. The van der Waals surface area contributed by atoms with Crippen LogP contribution in [-0.4, -0.2) is 65.6 Å². The maximum Gasteiger partial charge on any atom is 0.289 e. The minimum Gasteiger partial charge on any atom is -0.337 e. The summed E-state index contributed by atoms with van der Waals surface area (Å²) >= 11 is 0. The van der Waals surface area contributed by atoms with Crippen LogP contribution in [0.4, 0.5) is 4.39 Å². The van der Waals surface area contributed by atoms with E-state index in [1.54, 1.807) is 34.1 Å². The van der Waals surface area contributed by atoms with Crippen molar-refractivity contribution in [1.82, 2.24) is 9.80 Å². The van der Waals surface area contributed by atoms with Crippen LogP contribution in [0.3, 0.4) is 0 Å². The van der Waals surface area contributed by atoms with Crippen molar-refractivity contribution in [2.75, 3.05) is 26.2 Å². The summed E-state index contributed by atoms with van der Waals surface area (Å²) in [4.78, 5) is 35.2. The molecule has 0 spiro atoms. The molecule has 1 saturated heterocycles. The summed E-state index contributed by atoms with van der Waals surface area (Å²) in [5.74, 6) is -0.786. The summed E-state index contributed by atoms with van der Waals surface area (Å²) in [5.41, 5.74) is 0.999. The Balaban J connectivity index is 1.66. The van der Waals surface area contributed by atoms with Gasteiger partial charge in [0, 0.05) is 31.7 Å². The molecule has 0 aliphatic carbocycles. The van der Waals surface area contributed by atoms with Crippen molar-refractivity contribution in [2.24, 2.45) is 9.98 Å². The SMILES string of the molecule is CC1=NC(N2CCN(C(=O)c3cccc(C#N)c3)CC2)=NC(=O)C1F. The van der Waals surface area contributed by atoms with E-state index >= 15 is 0 Å². The average Bonchev–Trinajstić information content (AvgIpc) is 2.65. The Morgan fingerprint density at radius 3 is 2.64 bits per heavy atom. The molecule has 0 bridgehead atoms. The molecular formula is C17H16FN5O2. The van der Waals surface area contributed by atoms with Gasteiger partial charge in [0.1, 0.15) is 0 Å². The zero-order chi connectivity index (χ0) is 18.0. The van der Waals surface area contributed by atoms with E-state index in [0.717, 1.165) is 0 Å². The summed E-state index contributed by atoms with van der Waals surface area (Å²) in [5, 5.41) is 8.93. The lowest BCUT2D eigenvalue weighted by Gasteiger charge is -2.35. The van der Waals surface area contributed by atoms with Gasteiger partial charge in [0.15, 0.2) is 0 Å². The van der Waals surface area contributed by atoms with Gasteiger partial charge in [-0.3, -0.25) is 9.59 Å². The average molecular weight is 341 g/mol. The number of nitrogens with zero attached hydrogens (tertiary/aromatic N) is 5. The number of rotatable bonds is 1. The highest BCUT2D eigenvalue weighted by molar-refractivity contribution is 6.16. The van der Waals surface area contributed by atoms with E-state index in [-0.39, 0.29) is 17.6 Å². The van der Waals surface area contributed by atoms with Crippen LogP contribution < -0.4 is 0 Å². The van der Waals surface area contributed by atoms with E-state index in [1.807, 2.05) is 6.07 Å².